The van der Waals surface area contributed by atoms with Crippen LogP contribution in [0.2, 0.25) is 0 Å². The zero-order valence-electron chi connectivity index (χ0n) is 18.7. The van der Waals surface area contributed by atoms with Gasteiger partial charge >= 0.3 is 0 Å². The third kappa shape index (κ3) is 3.68. The van der Waals surface area contributed by atoms with Gasteiger partial charge in [0.2, 0.25) is 0 Å². The average Bonchev–Trinajstić information content (AvgIpc) is 2.79. The zero-order valence-corrected chi connectivity index (χ0v) is 20.9. The van der Waals surface area contributed by atoms with Gasteiger partial charge in [-0.3, -0.25) is 0 Å². The van der Waals surface area contributed by atoms with Gasteiger partial charge in [-0.15, -0.1) is 0 Å². The largest absolute Gasteiger partial charge is 0.496 e. The first-order valence-electron chi connectivity index (χ1n) is 11.1. The molecule has 0 bridgehead atoms. The molecule has 3 aromatic carbocycles. The van der Waals surface area contributed by atoms with Crippen molar-refractivity contribution in [3.8, 4) is 5.75 Å². The molecule has 0 aromatic heterocycles. The van der Waals surface area contributed by atoms with Crippen LogP contribution in [-0.2, 0) is 11.2 Å². The highest BCUT2D eigenvalue weighted by Crippen LogP contribution is 2.42. The summed E-state index contributed by atoms with van der Waals surface area (Å²) >= 11 is 2.35. The Hall–Kier alpha value is -2.47. The summed E-state index contributed by atoms with van der Waals surface area (Å²) < 4.78 is 13.4. The third-order valence-electron chi connectivity index (χ3n) is 7.01. The molecule has 0 saturated carbocycles. The zero-order chi connectivity index (χ0) is 22.5. The van der Waals surface area contributed by atoms with Crippen LogP contribution in [0.15, 0.2) is 61.7 Å². The maximum absolute atomic E-state index is 6.47. The van der Waals surface area contributed by atoms with Crippen LogP contribution < -0.4 is 4.74 Å². The second-order valence-corrected chi connectivity index (χ2v) is 10.2. The molecule has 1 spiro atoms. The minimum Gasteiger partial charge on any atom is -0.496 e. The van der Waals surface area contributed by atoms with Gasteiger partial charge in [-0.25, -0.2) is 0 Å². The molecule has 32 heavy (non-hydrogen) atoms. The number of nitrogens with zero attached hydrogens (tertiary/aromatic N) is 1. The molecule has 1 fully saturated rings. The van der Waals surface area contributed by atoms with E-state index in [0.29, 0.717) is 0 Å². The highest BCUT2D eigenvalue weighted by atomic mass is 127. The third-order valence-corrected chi connectivity index (χ3v) is 7.68. The minimum absolute atomic E-state index is 0.161. The van der Waals surface area contributed by atoms with Crippen LogP contribution in [0, 0.1) is 10.5 Å². The average molecular weight is 537 g/mol. The fourth-order valence-corrected chi connectivity index (χ4v) is 5.64. The van der Waals surface area contributed by atoms with E-state index in [1.54, 1.807) is 7.11 Å². The predicted octanol–water partition coefficient (Wildman–Crippen LogP) is 6.81. The number of fused-ring (bicyclic) bond motifs is 2. The Labute approximate surface area is 203 Å². The van der Waals surface area contributed by atoms with Gasteiger partial charge in [0, 0.05) is 58.1 Å². The first-order chi connectivity index (χ1) is 15.4. The number of aryl methyl sites for hydroxylation is 1. The van der Waals surface area contributed by atoms with Crippen LogP contribution in [0.25, 0.3) is 22.2 Å². The van der Waals surface area contributed by atoms with Crippen molar-refractivity contribution in [1.82, 2.24) is 4.90 Å². The van der Waals surface area contributed by atoms with Crippen LogP contribution in [0.1, 0.15) is 35.1 Å². The summed E-state index contributed by atoms with van der Waals surface area (Å²) in [5.41, 5.74) is 5.76. The second-order valence-electron chi connectivity index (χ2n) is 8.97. The molecule has 3 aromatic rings. The molecule has 0 atom stereocenters. The standard InChI is InChI=1S/C28H28INO2/c1-18-6-5-7-24-25(18)14-22(15-27(24)31-4)19(2)30-12-10-28(11-13-30)17-21-8-9-23(29)16-26(21)20(3)32-28/h5-9,14-16H,2-3,10-13,17H2,1,4H3. The summed E-state index contributed by atoms with van der Waals surface area (Å²) in [7, 11) is 1.74. The predicted molar refractivity (Wildman–Crippen MR) is 141 cm³/mol. The van der Waals surface area contributed by atoms with Gasteiger partial charge in [0.05, 0.1) is 7.11 Å². The van der Waals surface area contributed by atoms with E-state index >= 15 is 0 Å². The molecule has 0 N–H and O–H groups in total. The molecule has 1 saturated heterocycles. The van der Waals surface area contributed by atoms with Crippen LogP contribution in [0.4, 0.5) is 0 Å². The monoisotopic (exact) mass is 537 g/mol. The van der Waals surface area contributed by atoms with Crippen molar-refractivity contribution in [2.75, 3.05) is 20.2 Å². The molecule has 2 heterocycles. The highest BCUT2D eigenvalue weighted by Gasteiger charge is 2.41. The number of piperidine rings is 1. The van der Waals surface area contributed by atoms with Gasteiger partial charge < -0.3 is 14.4 Å². The maximum atomic E-state index is 6.47. The number of hydrogen-bond donors (Lipinski definition) is 0. The Balaban J connectivity index is 1.37. The Morgan fingerprint density at radius 3 is 2.62 bits per heavy atom. The van der Waals surface area contributed by atoms with Gasteiger partial charge in [-0.1, -0.05) is 37.4 Å². The van der Waals surface area contributed by atoms with Gasteiger partial charge in [0.15, 0.2) is 0 Å². The van der Waals surface area contributed by atoms with E-state index in [2.05, 4.69) is 96.1 Å². The summed E-state index contributed by atoms with van der Waals surface area (Å²) in [5, 5.41) is 2.36. The quantitative estimate of drug-likeness (QED) is 0.343. The second kappa shape index (κ2) is 8.14. The van der Waals surface area contributed by atoms with Crippen molar-refractivity contribution in [2.24, 2.45) is 0 Å². The lowest BCUT2D eigenvalue weighted by Crippen LogP contribution is -2.48. The number of likely N-dealkylation sites (tertiary alicyclic amines) is 1. The summed E-state index contributed by atoms with van der Waals surface area (Å²) in [6, 6.07) is 17.3. The van der Waals surface area contributed by atoms with Crippen LogP contribution in [0.3, 0.4) is 0 Å². The summed E-state index contributed by atoms with van der Waals surface area (Å²) in [4.78, 5) is 2.39. The van der Waals surface area contributed by atoms with E-state index in [4.69, 9.17) is 9.47 Å². The summed E-state index contributed by atoms with van der Waals surface area (Å²) in [5.74, 6) is 1.71. The van der Waals surface area contributed by atoms with Crippen LogP contribution in [-0.4, -0.2) is 30.7 Å². The molecule has 0 amide bonds. The summed E-state index contributed by atoms with van der Waals surface area (Å²) in [6.45, 7) is 12.7. The molecule has 164 valence electrons. The molecule has 3 nitrogen and oxygen atoms in total. The highest BCUT2D eigenvalue weighted by molar-refractivity contribution is 14.1. The Kier molecular flexibility index (Phi) is 5.44. The molecule has 0 unspecified atom stereocenters. The van der Waals surface area contributed by atoms with Crippen molar-refractivity contribution in [3.63, 3.8) is 0 Å². The molecule has 0 radical (unpaired) electrons. The van der Waals surface area contributed by atoms with Crippen molar-refractivity contribution < 1.29 is 9.47 Å². The van der Waals surface area contributed by atoms with E-state index in [1.165, 1.54) is 20.1 Å². The molecule has 4 heteroatoms. The number of ether oxygens (including phenoxy) is 2. The number of halogens is 1. The first-order valence-corrected chi connectivity index (χ1v) is 12.2. The summed E-state index contributed by atoms with van der Waals surface area (Å²) in [6.07, 6.45) is 2.86. The Bertz CT molecular complexity index is 1240. The van der Waals surface area contributed by atoms with E-state index < -0.39 is 0 Å². The fraction of sp³-hybridized carbons (Fsp3) is 0.286. The minimum atomic E-state index is -0.161. The van der Waals surface area contributed by atoms with Crippen LogP contribution >= 0.6 is 22.6 Å². The number of hydrogen-bond acceptors (Lipinski definition) is 3. The fourth-order valence-electron chi connectivity index (χ4n) is 5.15. The lowest BCUT2D eigenvalue weighted by atomic mass is 9.81. The topological polar surface area (TPSA) is 21.7 Å². The van der Waals surface area contributed by atoms with Crippen LogP contribution in [0.5, 0.6) is 5.75 Å². The smallest absolute Gasteiger partial charge is 0.127 e. The van der Waals surface area contributed by atoms with Crippen molar-refractivity contribution in [1.29, 1.82) is 0 Å². The molecule has 2 aliphatic heterocycles. The van der Waals surface area contributed by atoms with E-state index in [0.717, 1.165) is 66.1 Å². The van der Waals surface area contributed by atoms with E-state index in [-0.39, 0.29) is 5.60 Å². The molecular formula is C28H28INO2. The first kappa shape index (κ1) is 21.4. The molecular weight excluding hydrogens is 509 g/mol. The normalized spacial score (nSPS) is 17.2. The SMILES string of the molecule is C=C1OC2(CCN(C(=C)c3cc(OC)c4cccc(C)c4c3)CC2)Cc2ccc(I)cc21. The maximum Gasteiger partial charge on any atom is 0.127 e. The van der Waals surface area contributed by atoms with Gasteiger partial charge in [-0.2, -0.15) is 0 Å². The lowest BCUT2D eigenvalue weighted by Gasteiger charge is -2.46. The van der Waals surface area contributed by atoms with Crippen molar-refractivity contribution >= 4 is 44.8 Å². The lowest BCUT2D eigenvalue weighted by molar-refractivity contribution is -0.0141. The van der Waals surface area contributed by atoms with Gasteiger partial charge in [0.25, 0.3) is 0 Å². The van der Waals surface area contributed by atoms with Crippen molar-refractivity contribution in [3.05, 3.63) is 87.5 Å². The number of methoxy groups -OCH3 is 1. The van der Waals surface area contributed by atoms with E-state index in [1.807, 2.05) is 0 Å². The molecule has 2 aliphatic rings. The number of rotatable bonds is 3. The number of benzene rings is 3. The van der Waals surface area contributed by atoms with E-state index in [9.17, 15) is 0 Å². The molecule has 0 aliphatic carbocycles. The molecule has 5 rings (SSSR count). The Morgan fingerprint density at radius 2 is 1.88 bits per heavy atom. The van der Waals surface area contributed by atoms with Gasteiger partial charge in [0.1, 0.15) is 17.1 Å². The van der Waals surface area contributed by atoms with Gasteiger partial charge in [-0.05, 0) is 70.3 Å². The van der Waals surface area contributed by atoms with Crippen molar-refractivity contribution in [2.45, 2.75) is 31.8 Å². The Morgan fingerprint density at radius 1 is 1.09 bits per heavy atom.